The molecule has 0 aliphatic rings. The fraction of sp³-hybridized carbons (Fsp3) is 0.182. The first-order valence-corrected chi connectivity index (χ1v) is 6.75. The Bertz CT molecular complexity index is 585. The molecule has 0 spiro atoms. The van der Waals surface area contributed by atoms with Gasteiger partial charge in [-0.1, -0.05) is 0 Å². The van der Waals surface area contributed by atoms with Crippen molar-refractivity contribution < 1.29 is 14.3 Å². The van der Waals surface area contributed by atoms with Gasteiger partial charge in [-0.25, -0.2) is 4.79 Å². The van der Waals surface area contributed by atoms with Gasteiger partial charge in [0.05, 0.1) is 12.8 Å². The van der Waals surface area contributed by atoms with Crippen LogP contribution < -0.4 is 10.5 Å². The van der Waals surface area contributed by atoms with Crippen molar-refractivity contribution in [2.75, 3.05) is 12.8 Å². The molecule has 2 N–H and O–H groups in total. The van der Waals surface area contributed by atoms with Gasteiger partial charge in [-0.2, -0.15) is 4.37 Å². The molecule has 2 heterocycles. The van der Waals surface area contributed by atoms with Crippen molar-refractivity contribution in [1.82, 2.24) is 9.36 Å². The molecule has 0 unspecified atom stereocenters. The van der Waals surface area contributed by atoms with Crippen LogP contribution in [0.15, 0.2) is 22.8 Å². The third kappa shape index (κ3) is 3.21. The summed E-state index contributed by atoms with van der Waals surface area (Å²) in [6.45, 7) is 0.195. The average Bonchev–Trinajstić information content (AvgIpc) is 2.78. The van der Waals surface area contributed by atoms with Crippen LogP contribution in [-0.4, -0.2) is 22.4 Å². The molecule has 2 rings (SSSR count). The van der Waals surface area contributed by atoms with E-state index in [1.165, 1.54) is 7.11 Å². The number of aromatic nitrogens is 2. The molecule has 2 aromatic heterocycles. The van der Waals surface area contributed by atoms with E-state index in [1.54, 1.807) is 12.3 Å². The van der Waals surface area contributed by atoms with Crippen LogP contribution in [0.25, 0.3) is 0 Å². The third-order valence-electron chi connectivity index (χ3n) is 2.22. The Labute approximate surface area is 121 Å². The first-order valence-electron chi connectivity index (χ1n) is 5.18. The van der Waals surface area contributed by atoms with Gasteiger partial charge in [0, 0.05) is 10.7 Å². The van der Waals surface area contributed by atoms with Crippen molar-refractivity contribution in [2.24, 2.45) is 0 Å². The Balaban J connectivity index is 2.11. The Morgan fingerprint density at radius 1 is 1.53 bits per heavy atom. The van der Waals surface area contributed by atoms with E-state index in [9.17, 15) is 4.79 Å². The summed E-state index contributed by atoms with van der Waals surface area (Å²) in [6, 6.07) is 3.65. The lowest BCUT2D eigenvalue weighted by atomic mass is 10.3. The monoisotopic (exact) mass is 343 g/mol. The summed E-state index contributed by atoms with van der Waals surface area (Å²) in [5, 5.41) is 0.269. The summed E-state index contributed by atoms with van der Waals surface area (Å²) in [6.07, 6.45) is 1.66. The van der Waals surface area contributed by atoms with Gasteiger partial charge >= 0.3 is 5.97 Å². The molecule has 0 bridgehead atoms. The molecule has 0 amide bonds. The molecule has 8 heteroatoms. The zero-order valence-corrected chi connectivity index (χ0v) is 12.3. The maximum atomic E-state index is 11.5. The second-order valence-electron chi connectivity index (χ2n) is 3.47. The molecule has 100 valence electrons. The van der Waals surface area contributed by atoms with Crippen molar-refractivity contribution in [3.63, 3.8) is 0 Å². The fourth-order valence-electron chi connectivity index (χ4n) is 1.31. The fourth-order valence-corrected chi connectivity index (χ4v) is 2.13. The number of carbonyl (C=O) groups excluding carboxylic acids is 1. The van der Waals surface area contributed by atoms with Crippen LogP contribution in [-0.2, 0) is 11.3 Å². The number of nitrogens with zero attached hydrogens (tertiary/aromatic N) is 2. The molecule has 0 atom stereocenters. The Kier molecular flexibility index (Phi) is 4.33. The summed E-state index contributed by atoms with van der Waals surface area (Å²) >= 11 is 4.28. The van der Waals surface area contributed by atoms with Gasteiger partial charge < -0.3 is 15.2 Å². The number of nitrogens with two attached hydrogens (primary N) is 1. The molecule has 19 heavy (non-hydrogen) atoms. The highest BCUT2D eigenvalue weighted by Gasteiger charge is 2.21. The van der Waals surface area contributed by atoms with E-state index < -0.39 is 5.97 Å². The second kappa shape index (κ2) is 5.98. The van der Waals surface area contributed by atoms with E-state index in [0.717, 1.165) is 16.0 Å². The number of esters is 1. The summed E-state index contributed by atoms with van der Waals surface area (Å²) in [4.78, 5) is 15.7. The second-order valence-corrected chi connectivity index (χ2v) is 5.20. The molecule has 2 aromatic rings. The minimum atomic E-state index is -0.565. The minimum absolute atomic E-state index is 0.157. The molecule has 0 radical (unpaired) electrons. The number of hydrogen-bond donors (Lipinski definition) is 1. The number of pyridine rings is 1. The third-order valence-corrected chi connectivity index (χ3v) is 3.35. The SMILES string of the molecule is COC(=O)c1c(OCc2ccc(Br)cn2)nsc1N. The van der Waals surface area contributed by atoms with E-state index >= 15 is 0 Å². The van der Waals surface area contributed by atoms with Crippen LogP contribution in [0.2, 0.25) is 0 Å². The normalized spacial score (nSPS) is 10.2. The number of methoxy groups -OCH3 is 1. The maximum Gasteiger partial charge on any atom is 0.346 e. The quantitative estimate of drug-likeness (QED) is 0.856. The zero-order valence-electron chi connectivity index (χ0n) is 9.92. The van der Waals surface area contributed by atoms with Gasteiger partial charge in [0.15, 0.2) is 5.56 Å². The molecular formula is C11H10BrN3O3S. The molecule has 6 nitrogen and oxygen atoms in total. The summed E-state index contributed by atoms with van der Waals surface area (Å²) in [5.41, 5.74) is 6.53. The van der Waals surface area contributed by atoms with E-state index in [4.69, 9.17) is 10.5 Å². The zero-order chi connectivity index (χ0) is 13.8. The number of hydrogen-bond acceptors (Lipinski definition) is 7. The first-order chi connectivity index (χ1) is 9.11. The van der Waals surface area contributed by atoms with Crippen molar-refractivity contribution in [3.05, 3.63) is 34.1 Å². The van der Waals surface area contributed by atoms with E-state index in [-0.39, 0.29) is 23.1 Å². The highest BCUT2D eigenvalue weighted by atomic mass is 79.9. The molecular weight excluding hydrogens is 334 g/mol. The number of nitrogen functional groups attached to an aromatic ring is 1. The van der Waals surface area contributed by atoms with Crippen molar-refractivity contribution in [3.8, 4) is 5.88 Å². The van der Waals surface area contributed by atoms with Gasteiger partial charge in [-0.05, 0) is 39.6 Å². The Hall–Kier alpha value is -1.67. The van der Waals surface area contributed by atoms with Crippen LogP contribution in [0.1, 0.15) is 16.1 Å². The van der Waals surface area contributed by atoms with Crippen molar-refractivity contribution in [2.45, 2.75) is 6.61 Å². The summed E-state index contributed by atoms with van der Waals surface area (Å²) in [5.74, 6) is -0.399. The van der Waals surface area contributed by atoms with Crippen LogP contribution >= 0.6 is 27.5 Å². The number of carbonyl (C=O) groups is 1. The average molecular weight is 344 g/mol. The van der Waals surface area contributed by atoms with Gasteiger partial charge in [0.2, 0.25) is 5.88 Å². The van der Waals surface area contributed by atoms with Gasteiger partial charge in [0.1, 0.15) is 11.6 Å². The Morgan fingerprint density at radius 2 is 2.32 bits per heavy atom. The lowest BCUT2D eigenvalue weighted by molar-refractivity contribution is 0.0596. The lowest BCUT2D eigenvalue weighted by Gasteiger charge is -2.05. The molecule has 0 fully saturated rings. The van der Waals surface area contributed by atoms with Crippen LogP contribution in [0.5, 0.6) is 5.88 Å². The number of rotatable bonds is 4. The Morgan fingerprint density at radius 3 is 2.95 bits per heavy atom. The van der Waals surface area contributed by atoms with Crippen molar-refractivity contribution >= 4 is 38.4 Å². The number of halogens is 1. The largest absolute Gasteiger partial charge is 0.470 e. The van der Waals surface area contributed by atoms with Crippen LogP contribution in [0.3, 0.4) is 0 Å². The molecule has 0 saturated heterocycles. The van der Waals surface area contributed by atoms with E-state index in [1.807, 2.05) is 6.07 Å². The van der Waals surface area contributed by atoms with Gasteiger partial charge in [-0.3, -0.25) is 4.98 Å². The van der Waals surface area contributed by atoms with Crippen LogP contribution in [0.4, 0.5) is 5.00 Å². The van der Waals surface area contributed by atoms with Gasteiger partial charge in [-0.15, -0.1) is 0 Å². The topological polar surface area (TPSA) is 87.3 Å². The molecule has 0 aromatic carbocycles. The summed E-state index contributed by atoms with van der Waals surface area (Å²) in [7, 11) is 1.28. The van der Waals surface area contributed by atoms with E-state index in [2.05, 4.69) is 30.0 Å². The standard InChI is InChI=1S/C11H10BrN3O3S/c1-17-11(16)8-9(13)19-15-10(8)18-5-7-3-2-6(12)4-14-7/h2-4H,5,13H2,1H3. The number of ether oxygens (including phenoxy) is 2. The molecule has 0 aliphatic heterocycles. The highest BCUT2D eigenvalue weighted by molar-refractivity contribution is 9.10. The minimum Gasteiger partial charge on any atom is -0.470 e. The molecule has 0 aliphatic carbocycles. The van der Waals surface area contributed by atoms with Crippen LogP contribution in [0, 0.1) is 0 Å². The predicted molar refractivity (Wildman–Crippen MR) is 74.1 cm³/mol. The number of anilines is 1. The first kappa shape index (κ1) is 13.8. The lowest BCUT2D eigenvalue weighted by Crippen LogP contribution is -2.07. The van der Waals surface area contributed by atoms with E-state index in [0.29, 0.717) is 5.69 Å². The smallest absolute Gasteiger partial charge is 0.346 e. The highest BCUT2D eigenvalue weighted by Crippen LogP contribution is 2.28. The maximum absolute atomic E-state index is 11.5. The molecule has 0 saturated carbocycles. The predicted octanol–water partition coefficient (Wildman–Crippen LogP) is 2.25. The van der Waals surface area contributed by atoms with Crippen molar-refractivity contribution in [1.29, 1.82) is 0 Å². The summed E-state index contributed by atoms with van der Waals surface area (Å²) < 4.78 is 14.9. The van der Waals surface area contributed by atoms with Gasteiger partial charge in [0.25, 0.3) is 0 Å².